The van der Waals surface area contributed by atoms with E-state index in [0.29, 0.717) is 11.8 Å². The van der Waals surface area contributed by atoms with Gasteiger partial charge < -0.3 is 10.6 Å². The SMILES string of the molecule is CC(C)Cc1ccnc(N2CCCC(CN)C2)n1. The monoisotopic (exact) mass is 248 g/mol. The molecule has 2 N–H and O–H groups in total. The highest BCUT2D eigenvalue weighted by Gasteiger charge is 2.20. The summed E-state index contributed by atoms with van der Waals surface area (Å²) in [7, 11) is 0. The summed E-state index contributed by atoms with van der Waals surface area (Å²) in [6.45, 7) is 7.26. The van der Waals surface area contributed by atoms with Gasteiger partial charge in [0.05, 0.1) is 0 Å². The van der Waals surface area contributed by atoms with E-state index in [4.69, 9.17) is 5.73 Å². The van der Waals surface area contributed by atoms with E-state index < -0.39 is 0 Å². The third kappa shape index (κ3) is 3.42. The van der Waals surface area contributed by atoms with E-state index in [-0.39, 0.29) is 0 Å². The summed E-state index contributed by atoms with van der Waals surface area (Å²) in [6, 6.07) is 2.02. The van der Waals surface area contributed by atoms with E-state index in [0.717, 1.165) is 37.7 Å². The number of piperidine rings is 1. The second-order valence-corrected chi connectivity index (χ2v) is 5.64. The van der Waals surface area contributed by atoms with Gasteiger partial charge in [0.1, 0.15) is 0 Å². The highest BCUT2D eigenvalue weighted by molar-refractivity contribution is 5.31. The topological polar surface area (TPSA) is 55.0 Å². The second-order valence-electron chi connectivity index (χ2n) is 5.64. The van der Waals surface area contributed by atoms with Crippen molar-refractivity contribution in [3.05, 3.63) is 18.0 Å². The molecule has 1 aromatic rings. The van der Waals surface area contributed by atoms with Crippen LogP contribution >= 0.6 is 0 Å². The summed E-state index contributed by atoms with van der Waals surface area (Å²) in [5.74, 6) is 2.10. The molecule has 1 aromatic heterocycles. The number of nitrogens with zero attached hydrogens (tertiary/aromatic N) is 3. The summed E-state index contributed by atoms with van der Waals surface area (Å²) in [4.78, 5) is 11.4. The van der Waals surface area contributed by atoms with Gasteiger partial charge in [-0.25, -0.2) is 9.97 Å². The largest absolute Gasteiger partial charge is 0.340 e. The lowest BCUT2D eigenvalue weighted by Crippen LogP contribution is -2.39. The summed E-state index contributed by atoms with van der Waals surface area (Å²) < 4.78 is 0. The van der Waals surface area contributed by atoms with Gasteiger partial charge in [-0.15, -0.1) is 0 Å². The lowest BCUT2D eigenvalue weighted by atomic mass is 9.99. The van der Waals surface area contributed by atoms with E-state index in [2.05, 4.69) is 28.7 Å². The molecule has 1 saturated heterocycles. The lowest BCUT2D eigenvalue weighted by Gasteiger charge is -2.32. The van der Waals surface area contributed by atoms with Crippen LogP contribution in [0, 0.1) is 11.8 Å². The minimum Gasteiger partial charge on any atom is -0.340 e. The van der Waals surface area contributed by atoms with Crippen molar-refractivity contribution in [1.29, 1.82) is 0 Å². The van der Waals surface area contributed by atoms with E-state index in [1.807, 2.05) is 12.3 Å². The molecule has 0 amide bonds. The number of nitrogens with two attached hydrogens (primary N) is 1. The van der Waals surface area contributed by atoms with Crippen LogP contribution in [0.2, 0.25) is 0 Å². The molecule has 0 aromatic carbocycles. The first-order valence-electron chi connectivity index (χ1n) is 6.96. The Labute approximate surface area is 110 Å². The van der Waals surface area contributed by atoms with Crippen LogP contribution in [-0.4, -0.2) is 29.6 Å². The van der Waals surface area contributed by atoms with Crippen molar-refractivity contribution in [3.8, 4) is 0 Å². The van der Waals surface area contributed by atoms with Crippen molar-refractivity contribution in [2.45, 2.75) is 33.1 Å². The lowest BCUT2D eigenvalue weighted by molar-refractivity contribution is 0.419. The molecule has 100 valence electrons. The average molecular weight is 248 g/mol. The van der Waals surface area contributed by atoms with Gasteiger partial charge in [-0.1, -0.05) is 13.8 Å². The van der Waals surface area contributed by atoms with E-state index in [1.165, 1.54) is 12.8 Å². The molecule has 1 atom stereocenters. The molecule has 0 saturated carbocycles. The molecule has 0 bridgehead atoms. The zero-order valence-electron chi connectivity index (χ0n) is 11.5. The first-order valence-corrected chi connectivity index (χ1v) is 6.96. The average Bonchev–Trinajstić information content (AvgIpc) is 2.38. The Morgan fingerprint density at radius 2 is 2.33 bits per heavy atom. The standard InChI is InChI=1S/C14H24N4/c1-11(2)8-13-5-6-16-14(17-13)18-7-3-4-12(9-15)10-18/h5-6,11-12H,3-4,7-10,15H2,1-2H3. The molecule has 0 spiro atoms. The Hall–Kier alpha value is -1.16. The minimum atomic E-state index is 0.594. The Kier molecular flexibility index (Phi) is 4.53. The molecule has 1 fully saturated rings. The molecule has 4 nitrogen and oxygen atoms in total. The summed E-state index contributed by atoms with van der Waals surface area (Å²) in [5.41, 5.74) is 6.92. The summed E-state index contributed by atoms with van der Waals surface area (Å²) >= 11 is 0. The Bertz CT molecular complexity index is 378. The fourth-order valence-electron chi connectivity index (χ4n) is 2.51. The molecule has 2 rings (SSSR count). The van der Waals surface area contributed by atoms with E-state index in [9.17, 15) is 0 Å². The smallest absolute Gasteiger partial charge is 0.225 e. The van der Waals surface area contributed by atoms with Crippen LogP contribution in [0.1, 0.15) is 32.4 Å². The summed E-state index contributed by atoms with van der Waals surface area (Å²) in [6.07, 6.45) is 5.33. The van der Waals surface area contributed by atoms with Crippen molar-refractivity contribution in [2.24, 2.45) is 17.6 Å². The van der Waals surface area contributed by atoms with Crippen molar-refractivity contribution in [2.75, 3.05) is 24.5 Å². The van der Waals surface area contributed by atoms with Crippen molar-refractivity contribution in [3.63, 3.8) is 0 Å². The van der Waals surface area contributed by atoms with Crippen molar-refractivity contribution in [1.82, 2.24) is 9.97 Å². The summed E-state index contributed by atoms with van der Waals surface area (Å²) in [5, 5.41) is 0. The minimum absolute atomic E-state index is 0.594. The van der Waals surface area contributed by atoms with Gasteiger partial charge in [0, 0.05) is 25.0 Å². The number of aromatic nitrogens is 2. The van der Waals surface area contributed by atoms with E-state index in [1.54, 1.807) is 0 Å². The molecule has 1 aliphatic rings. The zero-order valence-corrected chi connectivity index (χ0v) is 11.5. The van der Waals surface area contributed by atoms with Gasteiger partial charge in [0.15, 0.2) is 0 Å². The molecule has 0 aliphatic carbocycles. The molecule has 1 aliphatic heterocycles. The highest BCUT2D eigenvalue weighted by Crippen LogP contribution is 2.20. The molecule has 0 radical (unpaired) electrons. The first-order chi connectivity index (χ1) is 8.69. The predicted octanol–water partition coefficient (Wildman–Crippen LogP) is 1.85. The first kappa shape index (κ1) is 13.3. The van der Waals surface area contributed by atoms with Gasteiger partial charge in [-0.3, -0.25) is 0 Å². The van der Waals surface area contributed by atoms with Crippen LogP contribution in [0.3, 0.4) is 0 Å². The Balaban J connectivity index is 2.07. The maximum Gasteiger partial charge on any atom is 0.225 e. The Morgan fingerprint density at radius 3 is 3.06 bits per heavy atom. The van der Waals surface area contributed by atoms with Crippen LogP contribution < -0.4 is 10.6 Å². The van der Waals surface area contributed by atoms with Crippen LogP contribution in [-0.2, 0) is 6.42 Å². The number of anilines is 1. The second kappa shape index (κ2) is 6.14. The fraction of sp³-hybridized carbons (Fsp3) is 0.714. The van der Waals surface area contributed by atoms with Crippen LogP contribution in [0.5, 0.6) is 0 Å². The number of hydrogen-bond donors (Lipinski definition) is 1. The molecule has 4 heteroatoms. The Morgan fingerprint density at radius 1 is 1.50 bits per heavy atom. The highest BCUT2D eigenvalue weighted by atomic mass is 15.3. The third-order valence-corrected chi connectivity index (χ3v) is 3.45. The normalized spacial score (nSPS) is 20.4. The molecular formula is C14H24N4. The van der Waals surface area contributed by atoms with Gasteiger partial charge >= 0.3 is 0 Å². The van der Waals surface area contributed by atoms with Gasteiger partial charge in [0.25, 0.3) is 0 Å². The number of hydrogen-bond acceptors (Lipinski definition) is 4. The van der Waals surface area contributed by atoms with Gasteiger partial charge in [0.2, 0.25) is 5.95 Å². The van der Waals surface area contributed by atoms with E-state index >= 15 is 0 Å². The molecule has 1 unspecified atom stereocenters. The number of rotatable bonds is 4. The zero-order chi connectivity index (χ0) is 13.0. The maximum absolute atomic E-state index is 5.77. The predicted molar refractivity (Wildman–Crippen MR) is 74.6 cm³/mol. The van der Waals surface area contributed by atoms with Crippen LogP contribution in [0.4, 0.5) is 5.95 Å². The molecule has 2 heterocycles. The molecule has 18 heavy (non-hydrogen) atoms. The van der Waals surface area contributed by atoms with Gasteiger partial charge in [-0.2, -0.15) is 0 Å². The van der Waals surface area contributed by atoms with Crippen LogP contribution in [0.25, 0.3) is 0 Å². The fourth-order valence-corrected chi connectivity index (χ4v) is 2.51. The van der Waals surface area contributed by atoms with Crippen molar-refractivity contribution < 1.29 is 0 Å². The van der Waals surface area contributed by atoms with Gasteiger partial charge in [-0.05, 0) is 43.7 Å². The van der Waals surface area contributed by atoms with Crippen molar-refractivity contribution >= 4 is 5.95 Å². The quantitative estimate of drug-likeness (QED) is 0.883. The van der Waals surface area contributed by atoms with Crippen LogP contribution in [0.15, 0.2) is 12.3 Å². The molecular weight excluding hydrogens is 224 g/mol. The maximum atomic E-state index is 5.77. The third-order valence-electron chi connectivity index (χ3n) is 3.45.